The molecule has 3 rings (SSSR count). The molecule has 0 atom stereocenters. The van der Waals surface area contributed by atoms with Gasteiger partial charge in [0.25, 0.3) is 0 Å². The first-order valence-electron chi connectivity index (χ1n) is 10.8. The van der Waals surface area contributed by atoms with Gasteiger partial charge in [-0.2, -0.15) is 0 Å². The summed E-state index contributed by atoms with van der Waals surface area (Å²) >= 11 is 0. The lowest BCUT2D eigenvalue weighted by Crippen LogP contribution is -2.27. The van der Waals surface area contributed by atoms with Crippen LogP contribution in [0.5, 0.6) is 17.2 Å². The molecule has 0 aliphatic carbocycles. The number of nitrogens with zero attached hydrogens (tertiary/aromatic N) is 2. The normalized spacial score (nSPS) is 11.1. The van der Waals surface area contributed by atoms with E-state index in [0.29, 0.717) is 6.61 Å². The number of pyridine rings is 1. The quantitative estimate of drug-likeness (QED) is 0.424. The Hall–Kier alpha value is -2.79. The lowest BCUT2D eigenvalue weighted by atomic mass is 10.1. The molecule has 0 spiro atoms. The zero-order valence-electron chi connectivity index (χ0n) is 18.5. The smallest absolute Gasteiger partial charge is 0.145 e. The van der Waals surface area contributed by atoms with E-state index in [9.17, 15) is 0 Å². The second-order valence-corrected chi connectivity index (χ2v) is 7.11. The standard InChI is InChI=1S/C25H32N2O3/c1-5-16-29-20-13-11-19(12-14-20)22-18-24(30-17-15-27(6-2)7-3)21-9-8-10-23(28-4)25(21)26-22/h8-14,18H,5-7,15-17H2,1-4H3. The topological polar surface area (TPSA) is 43.8 Å². The molecule has 0 radical (unpaired) electrons. The third-order valence-electron chi connectivity index (χ3n) is 5.17. The Morgan fingerprint density at radius 1 is 0.867 bits per heavy atom. The fourth-order valence-corrected chi connectivity index (χ4v) is 3.39. The van der Waals surface area contributed by atoms with Crippen molar-refractivity contribution in [1.29, 1.82) is 0 Å². The summed E-state index contributed by atoms with van der Waals surface area (Å²) in [7, 11) is 1.67. The van der Waals surface area contributed by atoms with Gasteiger partial charge in [0.05, 0.1) is 19.4 Å². The summed E-state index contributed by atoms with van der Waals surface area (Å²) in [6, 6.07) is 16.0. The number of ether oxygens (including phenoxy) is 3. The van der Waals surface area contributed by atoms with Crippen LogP contribution in [0.3, 0.4) is 0 Å². The molecule has 5 heteroatoms. The summed E-state index contributed by atoms with van der Waals surface area (Å²) in [5.74, 6) is 2.44. The number of likely N-dealkylation sites (N-methyl/N-ethyl adjacent to an activating group) is 1. The molecule has 2 aromatic carbocycles. The largest absolute Gasteiger partial charge is 0.494 e. The van der Waals surface area contributed by atoms with Crippen LogP contribution in [0.2, 0.25) is 0 Å². The minimum Gasteiger partial charge on any atom is -0.494 e. The molecule has 160 valence electrons. The number of rotatable bonds is 11. The lowest BCUT2D eigenvalue weighted by Gasteiger charge is -2.19. The molecule has 5 nitrogen and oxygen atoms in total. The van der Waals surface area contributed by atoms with Gasteiger partial charge in [-0.15, -0.1) is 0 Å². The number of para-hydroxylation sites is 1. The van der Waals surface area contributed by atoms with E-state index in [2.05, 4.69) is 25.7 Å². The molecule has 3 aromatic rings. The van der Waals surface area contributed by atoms with Crippen molar-refractivity contribution in [2.45, 2.75) is 27.2 Å². The van der Waals surface area contributed by atoms with Crippen LogP contribution in [0.4, 0.5) is 0 Å². The molecular weight excluding hydrogens is 376 g/mol. The Morgan fingerprint density at radius 2 is 1.63 bits per heavy atom. The van der Waals surface area contributed by atoms with E-state index in [0.717, 1.165) is 72.1 Å². The van der Waals surface area contributed by atoms with Crippen molar-refractivity contribution < 1.29 is 14.2 Å². The molecule has 0 amide bonds. The predicted octanol–water partition coefficient (Wildman–Crippen LogP) is 5.42. The maximum absolute atomic E-state index is 6.23. The Kier molecular flexibility index (Phi) is 7.91. The fourth-order valence-electron chi connectivity index (χ4n) is 3.39. The van der Waals surface area contributed by atoms with Crippen LogP contribution in [0.25, 0.3) is 22.2 Å². The van der Waals surface area contributed by atoms with Gasteiger partial charge >= 0.3 is 0 Å². The molecule has 0 aliphatic heterocycles. The van der Waals surface area contributed by atoms with Gasteiger partial charge in [0.2, 0.25) is 0 Å². The molecule has 0 bridgehead atoms. The van der Waals surface area contributed by atoms with Crippen LogP contribution < -0.4 is 14.2 Å². The summed E-state index contributed by atoms with van der Waals surface area (Å²) < 4.78 is 17.5. The second-order valence-electron chi connectivity index (χ2n) is 7.11. The first-order valence-corrected chi connectivity index (χ1v) is 10.8. The maximum atomic E-state index is 6.23. The maximum Gasteiger partial charge on any atom is 0.145 e. The summed E-state index contributed by atoms with van der Waals surface area (Å²) in [5.41, 5.74) is 2.67. The van der Waals surface area contributed by atoms with Crippen LogP contribution in [0.1, 0.15) is 27.2 Å². The van der Waals surface area contributed by atoms with Crippen molar-refractivity contribution in [2.24, 2.45) is 0 Å². The van der Waals surface area contributed by atoms with E-state index < -0.39 is 0 Å². The van der Waals surface area contributed by atoms with Crippen LogP contribution in [0.15, 0.2) is 48.5 Å². The van der Waals surface area contributed by atoms with E-state index in [1.807, 2.05) is 48.5 Å². The summed E-state index contributed by atoms with van der Waals surface area (Å²) in [5, 5.41) is 0.959. The minimum atomic E-state index is 0.626. The predicted molar refractivity (Wildman–Crippen MR) is 123 cm³/mol. The molecule has 0 aliphatic rings. The van der Waals surface area contributed by atoms with Gasteiger partial charge in [0.1, 0.15) is 29.4 Å². The molecule has 1 heterocycles. The Labute approximate surface area is 179 Å². The van der Waals surface area contributed by atoms with Crippen molar-refractivity contribution in [2.75, 3.05) is 40.0 Å². The molecule has 0 fully saturated rings. The number of aromatic nitrogens is 1. The monoisotopic (exact) mass is 408 g/mol. The third kappa shape index (κ3) is 5.22. The van der Waals surface area contributed by atoms with Crippen molar-refractivity contribution in [1.82, 2.24) is 9.88 Å². The minimum absolute atomic E-state index is 0.626. The highest BCUT2D eigenvalue weighted by atomic mass is 16.5. The first-order chi connectivity index (χ1) is 14.7. The highest BCUT2D eigenvalue weighted by Gasteiger charge is 2.13. The van der Waals surface area contributed by atoms with Crippen LogP contribution in [-0.4, -0.2) is 49.8 Å². The summed E-state index contributed by atoms with van der Waals surface area (Å²) in [6.07, 6.45) is 0.988. The summed E-state index contributed by atoms with van der Waals surface area (Å²) in [4.78, 5) is 7.24. The van der Waals surface area contributed by atoms with Gasteiger partial charge in [0.15, 0.2) is 0 Å². The number of hydrogen-bond acceptors (Lipinski definition) is 5. The van der Waals surface area contributed by atoms with E-state index in [1.165, 1.54) is 0 Å². The van der Waals surface area contributed by atoms with Crippen LogP contribution in [0, 0.1) is 0 Å². The molecule has 0 saturated heterocycles. The van der Waals surface area contributed by atoms with E-state index in [4.69, 9.17) is 19.2 Å². The molecule has 0 saturated carbocycles. The molecular formula is C25H32N2O3. The van der Waals surface area contributed by atoms with Crippen LogP contribution in [-0.2, 0) is 0 Å². The average molecular weight is 409 g/mol. The van der Waals surface area contributed by atoms with Gasteiger partial charge in [-0.25, -0.2) is 4.98 Å². The van der Waals surface area contributed by atoms with Gasteiger partial charge < -0.3 is 19.1 Å². The number of benzene rings is 2. The molecule has 0 unspecified atom stereocenters. The first kappa shape index (κ1) is 21.9. The van der Waals surface area contributed by atoms with Crippen molar-refractivity contribution in [3.05, 3.63) is 48.5 Å². The van der Waals surface area contributed by atoms with E-state index >= 15 is 0 Å². The Morgan fingerprint density at radius 3 is 2.30 bits per heavy atom. The van der Waals surface area contributed by atoms with Crippen LogP contribution >= 0.6 is 0 Å². The number of hydrogen-bond donors (Lipinski definition) is 0. The fraction of sp³-hybridized carbons (Fsp3) is 0.400. The van der Waals surface area contributed by atoms with Gasteiger partial charge in [-0.1, -0.05) is 26.8 Å². The van der Waals surface area contributed by atoms with Crippen molar-refractivity contribution >= 4 is 10.9 Å². The highest BCUT2D eigenvalue weighted by Crippen LogP contribution is 2.35. The number of methoxy groups -OCH3 is 1. The van der Waals surface area contributed by atoms with Gasteiger partial charge in [0, 0.05) is 23.6 Å². The lowest BCUT2D eigenvalue weighted by molar-refractivity contribution is 0.224. The summed E-state index contributed by atoms with van der Waals surface area (Å²) in [6.45, 7) is 10.7. The van der Waals surface area contributed by atoms with E-state index in [-0.39, 0.29) is 0 Å². The van der Waals surface area contributed by atoms with E-state index in [1.54, 1.807) is 7.11 Å². The zero-order chi connectivity index (χ0) is 21.3. The number of fused-ring (bicyclic) bond motifs is 1. The van der Waals surface area contributed by atoms with Gasteiger partial charge in [-0.05, 0) is 55.9 Å². The SMILES string of the molecule is CCCOc1ccc(-c2cc(OCCN(CC)CC)c3cccc(OC)c3n2)cc1. The second kappa shape index (κ2) is 10.8. The van der Waals surface area contributed by atoms with Gasteiger partial charge in [-0.3, -0.25) is 0 Å². The van der Waals surface area contributed by atoms with Crippen molar-refractivity contribution in [3.63, 3.8) is 0 Å². The Bertz CT molecular complexity index is 937. The zero-order valence-corrected chi connectivity index (χ0v) is 18.5. The molecule has 30 heavy (non-hydrogen) atoms. The average Bonchev–Trinajstić information content (AvgIpc) is 2.80. The molecule has 1 aromatic heterocycles. The molecule has 0 N–H and O–H groups in total. The Balaban J connectivity index is 1.94. The third-order valence-corrected chi connectivity index (χ3v) is 5.17. The van der Waals surface area contributed by atoms with Crippen molar-refractivity contribution in [3.8, 4) is 28.5 Å². The highest BCUT2D eigenvalue weighted by molar-refractivity contribution is 5.92.